The van der Waals surface area contributed by atoms with Crippen LogP contribution in [0.4, 0.5) is 0 Å². The molecular weight excluding hydrogens is 494 g/mol. The number of hydrogen-bond donors (Lipinski definition) is 2. The standard InChI is InChI=1S/C27H39N3O4S2/c1-21(2)18-30(26(27(31)28-32)15-17-35-20-22-8-7-16-29(3)19-22)36(33,34)25-13-11-24(12-14-25)23-9-5-4-6-10-23/h4-6,9-14,21-22,26,32H,7-8,15-20H2,1-3H3,(H,28,31). The number of piperidine rings is 1. The predicted molar refractivity (Wildman–Crippen MR) is 146 cm³/mol. The lowest BCUT2D eigenvalue weighted by Crippen LogP contribution is -2.50. The van der Waals surface area contributed by atoms with E-state index in [1.807, 2.05) is 44.2 Å². The molecule has 2 aromatic rings. The van der Waals surface area contributed by atoms with Crippen LogP contribution in [0.1, 0.15) is 33.1 Å². The number of thioether (sulfide) groups is 1. The van der Waals surface area contributed by atoms with Crippen molar-refractivity contribution in [1.82, 2.24) is 14.7 Å². The molecule has 2 aromatic carbocycles. The minimum atomic E-state index is -3.97. The molecule has 7 nitrogen and oxygen atoms in total. The molecule has 1 heterocycles. The fraction of sp³-hybridized carbons (Fsp3) is 0.519. The number of carbonyl (C=O) groups excluding carboxylic acids is 1. The molecule has 0 bridgehead atoms. The van der Waals surface area contributed by atoms with Crippen LogP contribution < -0.4 is 5.48 Å². The van der Waals surface area contributed by atoms with Crippen LogP contribution in [0.2, 0.25) is 0 Å². The van der Waals surface area contributed by atoms with Crippen LogP contribution >= 0.6 is 11.8 Å². The maximum Gasteiger partial charge on any atom is 0.261 e. The summed E-state index contributed by atoms with van der Waals surface area (Å²) in [5.74, 6) is 1.53. The van der Waals surface area contributed by atoms with Gasteiger partial charge in [-0.3, -0.25) is 10.0 Å². The highest BCUT2D eigenvalue weighted by atomic mass is 32.2. The van der Waals surface area contributed by atoms with E-state index in [2.05, 4.69) is 11.9 Å². The molecule has 2 unspecified atom stereocenters. The predicted octanol–water partition coefficient (Wildman–Crippen LogP) is 4.34. The number of carbonyl (C=O) groups is 1. The molecule has 1 amide bonds. The number of likely N-dealkylation sites (tertiary alicyclic amines) is 1. The Morgan fingerprint density at radius 3 is 2.42 bits per heavy atom. The molecule has 0 spiro atoms. The van der Waals surface area contributed by atoms with Crippen LogP contribution in [0.25, 0.3) is 11.1 Å². The van der Waals surface area contributed by atoms with Gasteiger partial charge in [-0.15, -0.1) is 0 Å². The Bertz CT molecular complexity index is 1060. The zero-order valence-electron chi connectivity index (χ0n) is 21.5. The van der Waals surface area contributed by atoms with Crippen LogP contribution in [0.5, 0.6) is 0 Å². The second-order valence-corrected chi connectivity index (χ2v) is 13.0. The smallest absolute Gasteiger partial charge is 0.261 e. The van der Waals surface area contributed by atoms with Crippen molar-refractivity contribution in [1.29, 1.82) is 0 Å². The average Bonchev–Trinajstić information content (AvgIpc) is 2.88. The zero-order valence-corrected chi connectivity index (χ0v) is 23.1. The maximum absolute atomic E-state index is 13.7. The minimum absolute atomic E-state index is 0.00258. The van der Waals surface area contributed by atoms with Gasteiger partial charge in [-0.2, -0.15) is 16.1 Å². The van der Waals surface area contributed by atoms with Gasteiger partial charge in [0.05, 0.1) is 4.90 Å². The molecule has 9 heteroatoms. The van der Waals surface area contributed by atoms with Gasteiger partial charge in [0.1, 0.15) is 6.04 Å². The molecule has 3 rings (SSSR count). The molecular formula is C27H39N3O4S2. The fourth-order valence-electron chi connectivity index (χ4n) is 4.67. The number of amides is 1. The molecule has 0 radical (unpaired) electrons. The molecule has 198 valence electrons. The molecule has 1 aliphatic rings. The van der Waals surface area contributed by atoms with E-state index < -0.39 is 22.0 Å². The van der Waals surface area contributed by atoms with Crippen LogP contribution in [0.3, 0.4) is 0 Å². The van der Waals surface area contributed by atoms with Gasteiger partial charge in [-0.1, -0.05) is 56.3 Å². The summed E-state index contributed by atoms with van der Waals surface area (Å²) in [5, 5.41) is 9.44. The van der Waals surface area contributed by atoms with E-state index >= 15 is 0 Å². The van der Waals surface area contributed by atoms with Crippen molar-refractivity contribution >= 4 is 27.7 Å². The van der Waals surface area contributed by atoms with Gasteiger partial charge in [-0.25, -0.2) is 13.9 Å². The Hall–Kier alpha value is -1.91. The lowest BCUT2D eigenvalue weighted by Gasteiger charge is -2.31. The minimum Gasteiger partial charge on any atom is -0.306 e. The molecule has 36 heavy (non-hydrogen) atoms. The molecule has 1 saturated heterocycles. The van der Waals surface area contributed by atoms with Crippen molar-refractivity contribution in [2.45, 2.75) is 44.0 Å². The van der Waals surface area contributed by atoms with Gasteiger partial charge in [0.2, 0.25) is 10.0 Å². The van der Waals surface area contributed by atoms with Crippen LogP contribution in [-0.2, 0) is 14.8 Å². The molecule has 1 aliphatic heterocycles. The molecule has 2 atom stereocenters. The van der Waals surface area contributed by atoms with Gasteiger partial charge < -0.3 is 4.90 Å². The van der Waals surface area contributed by atoms with E-state index in [1.54, 1.807) is 41.5 Å². The SMILES string of the molecule is CC(C)CN(C(CCSCC1CCCN(C)C1)C(=O)NO)S(=O)(=O)c1ccc(-c2ccccc2)cc1. The lowest BCUT2D eigenvalue weighted by atomic mass is 10.0. The van der Waals surface area contributed by atoms with Crippen molar-refractivity contribution in [3.63, 3.8) is 0 Å². The van der Waals surface area contributed by atoms with Gasteiger partial charge in [0.15, 0.2) is 0 Å². The van der Waals surface area contributed by atoms with Crippen molar-refractivity contribution in [3.05, 3.63) is 54.6 Å². The Balaban J connectivity index is 1.76. The third-order valence-electron chi connectivity index (χ3n) is 6.48. The topological polar surface area (TPSA) is 89.9 Å². The highest BCUT2D eigenvalue weighted by molar-refractivity contribution is 7.99. The molecule has 0 aromatic heterocycles. The van der Waals surface area contributed by atoms with E-state index in [4.69, 9.17) is 0 Å². The van der Waals surface area contributed by atoms with Crippen molar-refractivity contribution in [2.24, 2.45) is 11.8 Å². The Morgan fingerprint density at radius 1 is 1.14 bits per heavy atom. The quantitative estimate of drug-likeness (QED) is 0.240. The lowest BCUT2D eigenvalue weighted by molar-refractivity contribution is -0.133. The highest BCUT2D eigenvalue weighted by Crippen LogP contribution is 2.27. The monoisotopic (exact) mass is 533 g/mol. The molecule has 1 fully saturated rings. The number of sulfonamides is 1. The summed E-state index contributed by atoms with van der Waals surface area (Å²) in [6, 6.07) is 15.5. The van der Waals surface area contributed by atoms with E-state index in [-0.39, 0.29) is 17.4 Å². The van der Waals surface area contributed by atoms with Gasteiger partial charge in [0.25, 0.3) is 5.91 Å². The van der Waals surface area contributed by atoms with E-state index in [9.17, 15) is 18.4 Å². The van der Waals surface area contributed by atoms with Gasteiger partial charge in [0, 0.05) is 13.1 Å². The van der Waals surface area contributed by atoms with Crippen molar-refractivity contribution < 1.29 is 18.4 Å². The molecule has 0 saturated carbocycles. The molecule has 0 aliphatic carbocycles. The second kappa shape index (κ2) is 13.6. The van der Waals surface area contributed by atoms with E-state index in [0.29, 0.717) is 18.1 Å². The first-order valence-electron chi connectivity index (χ1n) is 12.6. The number of hydroxylamine groups is 1. The average molecular weight is 534 g/mol. The summed E-state index contributed by atoms with van der Waals surface area (Å²) in [4.78, 5) is 15.2. The van der Waals surface area contributed by atoms with Gasteiger partial charge >= 0.3 is 0 Å². The first-order chi connectivity index (χ1) is 17.2. The first-order valence-corrected chi connectivity index (χ1v) is 15.2. The Morgan fingerprint density at radius 2 is 1.81 bits per heavy atom. The summed E-state index contributed by atoms with van der Waals surface area (Å²) in [6.07, 6.45) is 2.72. The number of nitrogens with zero attached hydrogens (tertiary/aromatic N) is 2. The first kappa shape index (κ1) is 28.7. The van der Waals surface area contributed by atoms with Crippen LogP contribution in [0, 0.1) is 11.8 Å². The summed E-state index contributed by atoms with van der Waals surface area (Å²) in [7, 11) is -1.83. The van der Waals surface area contributed by atoms with Gasteiger partial charge in [-0.05, 0) is 79.5 Å². The normalized spacial score (nSPS) is 17.9. The number of nitrogens with one attached hydrogen (secondary N) is 1. The summed E-state index contributed by atoms with van der Waals surface area (Å²) < 4.78 is 28.8. The summed E-state index contributed by atoms with van der Waals surface area (Å²) in [5.41, 5.74) is 3.62. The Kier molecular flexibility index (Phi) is 10.8. The molecule has 2 N–H and O–H groups in total. The zero-order chi connectivity index (χ0) is 26.1. The second-order valence-electron chi connectivity index (χ2n) is 9.98. The number of hydrogen-bond acceptors (Lipinski definition) is 6. The Labute approximate surface area is 220 Å². The largest absolute Gasteiger partial charge is 0.306 e. The van der Waals surface area contributed by atoms with E-state index in [0.717, 1.165) is 30.0 Å². The van der Waals surface area contributed by atoms with Crippen molar-refractivity contribution in [2.75, 3.05) is 38.2 Å². The maximum atomic E-state index is 13.7. The number of rotatable bonds is 12. The third kappa shape index (κ3) is 7.79. The summed E-state index contributed by atoms with van der Waals surface area (Å²) in [6.45, 7) is 6.22. The van der Waals surface area contributed by atoms with Crippen molar-refractivity contribution in [3.8, 4) is 11.1 Å². The van der Waals surface area contributed by atoms with Crippen LogP contribution in [-0.4, -0.2) is 73.0 Å². The summed E-state index contributed by atoms with van der Waals surface area (Å²) >= 11 is 1.75. The number of benzene rings is 2. The fourth-order valence-corrected chi connectivity index (χ4v) is 7.62. The third-order valence-corrected chi connectivity index (χ3v) is 9.61. The van der Waals surface area contributed by atoms with Crippen LogP contribution in [0.15, 0.2) is 59.5 Å². The highest BCUT2D eigenvalue weighted by Gasteiger charge is 2.36. The van der Waals surface area contributed by atoms with E-state index in [1.165, 1.54) is 17.1 Å².